The van der Waals surface area contributed by atoms with Crippen LogP contribution in [0.4, 0.5) is 16.2 Å². The highest BCUT2D eigenvalue weighted by molar-refractivity contribution is 9.10. The van der Waals surface area contributed by atoms with Gasteiger partial charge in [-0.1, -0.05) is 0 Å². The number of nitrogen functional groups attached to an aromatic ring is 2. The molecule has 0 aliphatic carbocycles. The topological polar surface area (TPSA) is 132 Å². The lowest BCUT2D eigenvalue weighted by molar-refractivity contribution is -0.0457. The van der Waals surface area contributed by atoms with E-state index in [0.717, 1.165) is 0 Å². The Bertz CT molecular complexity index is 696. The molecule has 21 heavy (non-hydrogen) atoms. The Morgan fingerprint density at radius 1 is 1.43 bits per heavy atom. The summed E-state index contributed by atoms with van der Waals surface area (Å²) in [5, 5.41) is 19.3. The number of ether oxygens (including phenoxy) is 1. The summed E-state index contributed by atoms with van der Waals surface area (Å²) in [5.41, 5.74) is 11.6. The van der Waals surface area contributed by atoms with Crippen molar-refractivity contribution in [2.24, 2.45) is 0 Å². The molecule has 2 aromatic heterocycles. The summed E-state index contributed by atoms with van der Waals surface area (Å²) in [5.74, 6) is 0.0929. The monoisotopic (exact) mass is 361 g/mol. The van der Waals surface area contributed by atoms with Crippen LogP contribution in [-0.4, -0.2) is 49.7 Å². The largest absolute Gasteiger partial charge is 0.394 e. The molecule has 8 nitrogen and oxygen atoms in total. The molecule has 6 N–H and O–H groups in total. The summed E-state index contributed by atoms with van der Waals surface area (Å²) >= 11 is 3.30. The minimum atomic E-state index is -1.72. The third kappa shape index (κ3) is 2.14. The van der Waals surface area contributed by atoms with E-state index in [1.54, 1.807) is 0 Å². The molecule has 1 aliphatic rings. The number of halogens is 2. The van der Waals surface area contributed by atoms with Crippen LogP contribution in [0, 0.1) is 0 Å². The molecule has 3 heterocycles. The van der Waals surface area contributed by atoms with Crippen LogP contribution in [-0.2, 0) is 4.74 Å². The third-order valence-corrected chi connectivity index (χ3v) is 4.02. The van der Waals surface area contributed by atoms with E-state index in [4.69, 9.17) is 21.3 Å². The van der Waals surface area contributed by atoms with Crippen LogP contribution in [0.5, 0.6) is 0 Å². The maximum Gasteiger partial charge on any atom is 0.223 e. The number of anilines is 2. The van der Waals surface area contributed by atoms with Crippen LogP contribution in [0.15, 0.2) is 10.7 Å². The van der Waals surface area contributed by atoms with Crippen molar-refractivity contribution in [1.82, 2.24) is 14.5 Å². The van der Waals surface area contributed by atoms with E-state index in [0.29, 0.717) is 9.86 Å². The zero-order valence-corrected chi connectivity index (χ0v) is 12.2. The minimum Gasteiger partial charge on any atom is -0.394 e. The molecule has 0 aromatic carbocycles. The first-order chi connectivity index (χ1) is 9.93. The van der Waals surface area contributed by atoms with Crippen molar-refractivity contribution >= 4 is 38.7 Å². The van der Waals surface area contributed by atoms with Gasteiger partial charge in [0, 0.05) is 10.7 Å². The predicted molar refractivity (Wildman–Crippen MR) is 76.0 cm³/mol. The van der Waals surface area contributed by atoms with Crippen LogP contribution in [0.2, 0.25) is 0 Å². The summed E-state index contributed by atoms with van der Waals surface area (Å²) in [7, 11) is 0. The Balaban J connectivity index is 2.13. The van der Waals surface area contributed by atoms with Crippen molar-refractivity contribution in [3.05, 3.63) is 10.7 Å². The van der Waals surface area contributed by atoms with E-state index in [1.165, 1.54) is 10.8 Å². The Labute approximate surface area is 126 Å². The van der Waals surface area contributed by atoms with Gasteiger partial charge >= 0.3 is 0 Å². The molecule has 1 fully saturated rings. The highest BCUT2D eigenvalue weighted by Crippen LogP contribution is 2.37. The number of aliphatic hydroxyl groups is 2. The molecular formula is C11H13BrFN5O3. The van der Waals surface area contributed by atoms with Gasteiger partial charge in [-0.3, -0.25) is 0 Å². The van der Waals surface area contributed by atoms with Gasteiger partial charge in [-0.05, 0) is 15.9 Å². The SMILES string of the molecule is Nc1nc(N)c2c(Br)cn([C@@H]3O[C@H](CO)[C@@H](O)[C@@H]3F)c2n1. The molecule has 0 radical (unpaired) electrons. The van der Waals surface area contributed by atoms with E-state index < -0.39 is 31.2 Å². The minimum absolute atomic E-state index is 0.0560. The van der Waals surface area contributed by atoms with E-state index in [9.17, 15) is 9.50 Å². The Morgan fingerprint density at radius 3 is 2.76 bits per heavy atom. The highest BCUT2D eigenvalue weighted by atomic mass is 79.9. The highest BCUT2D eigenvalue weighted by Gasteiger charge is 2.45. The zero-order chi connectivity index (χ0) is 15.3. The second-order valence-corrected chi connectivity index (χ2v) is 5.59. The van der Waals surface area contributed by atoms with Crippen LogP contribution < -0.4 is 11.5 Å². The first kappa shape index (κ1) is 14.4. The van der Waals surface area contributed by atoms with E-state index in [-0.39, 0.29) is 17.4 Å². The molecule has 2 aromatic rings. The molecule has 1 saturated heterocycles. The van der Waals surface area contributed by atoms with Gasteiger partial charge in [0.1, 0.15) is 18.0 Å². The van der Waals surface area contributed by atoms with Gasteiger partial charge in [-0.25, -0.2) is 4.39 Å². The molecule has 10 heteroatoms. The molecule has 0 amide bonds. The van der Waals surface area contributed by atoms with Crippen molar-refractivity contribution in [1.29, 1.82) is 0 Å². The lowest BCUT2D eigenvalue weighted by Crippen LogP contribution is -2.30. The lowest BCUT2D eigenvalue weighted by atomic mass is 10.1. The van der Waals surface area contributed by atoms with E-state index >= 15 is 0 Å². The van der Waals surface area contributed by atoms with Crippen molar-refractivity contribution in [2.45, 2.75) is 24.6 Å². The molecule has 0 saturated carbocycles. The fourth-order valence-electron chi connectivity index (χ4n) is 2.42. The van der Waals surface area contributed by atoms with Gasteiger partial charge in [0.2, 0.25) is 5.95 Å². The number of fused-ring (bicyclic) bond motifs is 1. The fourth-order valence-corrected chi connectivity index (χ4v) is 3.02. The standard InChI is InChI=1S/C11H13BrFN5O3/c12-3-1-18(9-5(3)8(14)16-11(15)17-9)10-6(13)7(20)4(2-19)21-10/h1,4,6-7,10,19-20H,2H2,(H4,14,15,16,17)/t4-,6+,7-,10-/m1/s1. The molecular weight excluding hydrogens is 349 g/mol. The average molecular weight is 362 g/mol. The number of hydrogen-bond donors (Lipinski definition) is 4. The summed E-state index contributed by atoms with van der Waals surface area (Å²) < 4.78 is 21.5. The first-order valence-electron chi connectivity index (χ1n) is 6.11. The molecule has 0 bridgehead atoms. The van der Waals surface area contributed by atoms with Crippen LogP contribution in [0.3, 0.4) is 0 Å². The van der Waals surface area contributed by atoms with E-state index in [1.807, 2.05) is 0 Å². The second kappa shape index (κ2) is 5.05. The van der Waals surface area contributed by atoms with Crippen LogP contribution >= 0.6 is 15.9 Å². The maximum atomic E-state index is 14.2. The summed E-state index contributed by atoms with van der Waals surface area (Å²) in [4.78, 5) is 7.89. The van der Waals surface area contributed by atoms with Gasteiger partial charge in [0.05, 0.1) is 12.0 Å². The number of alkyl halides is 1. The smallest absolute Gasteiger partial charge is 0.223 e. The molecule has 114 valence electrons. The second-order valence-electron chi connectivity index (χ2n) is 4.73. The molecule has 3 rings (SSSR count). The van der Waals surface area contributed by atoms with Gasteiger partial charge in [-0.2, -0.15) is 9.97 Å². The number of aromatic nitrogens is 3. The van der Waals surface area contributed by atoms with Crippen molar-refractivity contribution in [3.8, 4) is 0 Å². The Hall–Kier alpha value is -1.49. The summed E-state index contributed by atoms with van der Waals surface area (Å²) in [6.45, 7) is -0.488. The first-order valence-corrected chi connectivity index (χ1v) is 6.90. The maximum absolute atomic E-state index is 14.2. The fraction of sp³-hybridized carbons (Fsp3) is 0.455. The number of nitrogens with zero attached hydrogens (tertiary/aromatic N) is 3. The Kier molecular flexibility index (Phi) is 3.48. The quantitative estimate of drug-likeness (QED) is 0.589. The normalized spacial score (nSPS) is 29.3. The zero-order valence-electron chi connectivity index (χ0n) is 10.6. The van der Waals surface area contributed by atoms with Crippen molar-refractivity contribution < 1.29 is 19.3 Å². The summed E-state index contributed by atoms with van der Waals surface area (Å²) in [6, 6.07) is 0. The number of aliphatic hydroxyl groups excluding tert-OH is 2. The van der Waals surface area contributed by atoms with Crippen molar-refractivity contribution in [2.75, 3.05) is 18.1 Å². The number of nitrogens with two attached hydrogens (primary N) is 2. The van der Waals surface area contributed by atoms with E-state index in [2.05, 4.69) is 25.9 Å². The molecule has 4 atom stereocenters. The lowest BCUT2D eigenvalue weighted by Gasteiger charge is -2.16. The van der Waals surface area contributed by atoms with Gasteiger partial charge in [0.25, 0.3) is 0 Å². The van der Waals surface area contributed by atoms with Gasteiger partial charge < -0.3 is 31.0 Å². The number of rotatable bonds is 2. The molecule has 0 spiro atoms. The molecule has 0 unspecified atom stereocenters. The van der Waals surface area contributed by atoms with Crippen LogP contribution in [0.25, 0.3) is 11.0 Å². The van der Waals surface area contributed by atoms with Gasteiger partial charge in [0.15, 0.2) is 18.0 Å². The molecule has 1 aliphatic heterocycles. The summed E-state index contributed by atoms with van der Waals surface area (Å²) in [6.07, 6.45) is -3.76. The third-order valence-electron chi connectivity index (χ3n) is 3.42. The van der Waals surface area contributed by atoms with Crippen LogP contribution in [0.1, 0.15) is 6.23 Å². The Morgan fingerprint density at radius 2 is 2.14 bits per heavy atom. The average Bonchev–Trinajstić information content (AvgIpc) is 2.89. The van der Waals surface area contributed by atoms with Gasteiger partial charge in [-0.15, -0.1) is 0 Å². The predicted octanol–water partition coefficient (Wildman–Crippen LogP) is -0.0531. The van der Waals surface area contributed by atoms with Crippen molar-refractivity contribution in [3.63, 3.8) is 0 Å². The number of hydrogen-bond acceptors (Lipinski definition) is 7.